The van der Waals surface area contributed by atoms with Gasteiger partial charge < -0.3 is 9.84 Å². The molecule has 0 aromatic heterocycles. The Hall–Kier alpha value is -0.900. The molecule has 4 aliphatic rings. The number of ether oxygens (including phenoxy) is 1. The third-order valence-electron chi connectivity index (χ3n) is 9.55. The molecule has 0 aromatic carbocycles. The van der Waals surface area contributed by atoms with E-state index in [0.29, 0.717) is 23.7 Å². The SMILES string of the molecule is CC(=O)O[C@@H]1CC[C@]2(C)C3C[C@H](O)[C@]4(C)C(C(C)=O)CCC4C3CC[C@@H]2C1. The maximum Gasteiger partial charge on any atom is 0.302 e. The van der Waals surface area contributed by atoms with Crippen molar-refractivity contribution in [1.29, 1.82) is 0 Å². The molecule has 0 spiro atoms. The fourth-order valence-electron chi connectivity index (χ4n) is 8.18. The molecule has 0 aliphatic heterocycles. The molecular formula is C23H36O4. The predicted molar refractivity (Wildman–Crippen MR) is 103 cm³/mol. The number of fused-ring (bicyclic) bond motifs is 5. The van der Waals surface area contributed by atoms with Crippen molar-refractivity contribution in [1.82, 2.24) is 0 Å². The molecule has 4 nitrogen and oxygen atoms in total. The number of carbonyl (C=O) groups excluding carboxylic acids is 2. The molecule has 0 saturated heterocycles. The second-order valence-electron chi connectivity index (χ2n) is 10.5. The Labute approximate surface area is 163 Å². The molecule has 4 heteroatoms. The van der Waals surface area contributed by atoms with Crippen LogP contribution in [0.15, 0.2) is 0 Å². The fraction of sp³-hybridized carbons (Fsp3) is 0.913. The van der Waals surface area contributed by atoms with E-state index in [0.717, 1.165) is 38.5 Å². The number of esters is 1. The first-order valence-corrected chi connectivity index (χ1v) is 11.0. The van der Waals surface area contributed by atoms with Crippen LogP contribution in [0.2, 0.25) is 0 Å². The number of carbonyl (C=O) groups is 2. The summed E-state index contributed by atoms with van der Waals surface area (Å²) in [7, 11) is 0. The summed E-state index contributed by atoms with van der Waals surface area (Å²) in [5.41, 5.74) is 0.00132. The molecule has 9 atom stereocenters. The summed E-state index contributed by atoms with van der Waals surface area (Å²) in [5, 5.41) is 11.3. The standard InChI is InChI=1S/C23H36O4/c1-13(24)18-7-8-19-17-6-5-15-11-16(27-14(2)25)9-10-22(15,3)20(17)12-21(26)23(18,19)4/h15-21,26H,5-12H2,1-4H3/t15-,16-,17?,18?,19?,20?,21+,22+,23-/m1/s1. The van der Waals surface area contributed by atoms with Crippen LogP contribution in [0.4, 0.5) is 0 Å². The maximum absolute atomic E-state index is 12.3. The van der Waals surface area contributed by atoms with Crippen molar-refractivity contribution in [2.75, 3.05) is 0 Å². The first-order valence-electron chi connectivity index (χ1n) is 11.0. The zero-order valence-electron chi connectivity index (χ0n) is 17.4. The summed E-state index contributed by atoms with van der Waals surface area (Å²) >= 11 is 0. The molecule has 1 N–H and O–H groups in total. The molecular weight excluding hydrogens is 340 g/mol. The van der Waals surface area contributed by atoms with Gasteiger partial charge in [0, 0.05) is 18.3 Å². The second-order valence-corrected chi connectivity index (χ2v) is 10.5. The Morgan fingerprint density at radius 2 is 1.70 bits per heavy atom. The molecule has 4 aliphatic carbocycles. The van der Waals surface area contributed by atoms with Gasteiger partial charge >= 0.3 is 5.97 Å². The highest BCUT2D eigenvalue weighted by Crippen LogP contribution is 2.67. The fourth-order valence-corrected chi connectivity index (χ4v) is 8.18. The highest BCUT2D eigenvalue weighted by Gasteiger charge is 2.64. The summed E-state index contributed by atoms with van der Waals surface area (Å²) < 4.78 is 5.54. The lowest BCUT2D eigenvalue weighted by Gasteiger charge is -2.62. The van der Waals surface area contributed by atoms with Gasteiger partial charge in [0.2, 0.25) is 0 Å². The van der Waals surface area contributed by atoms with E-state index in [2.05, 4.69) is 13.8 Å². The van der Waals surface area contributed by atoms with Gasteiger partial charge in [-0.2, -0.15) is 0 Å². The first kappa shape index (κ1) is 19.4. The van der Waals surface area contributed by atoms with Gasteiger partial charge in [0.15, 0.2) is 0 Å². The number of ketones is 1. The Bertz CT molecular complexity index is 630. The van der Waals surface area contributed by atoms with E-state index in [9.17, 15) is 14.7 Å². The van der Waals surface area contributed by atoms with Crippen LogP contribution in [0.1, 0.15) is 79.1 Å². The van der Waals surface area contributed by atoms with E-state index in [-0.39, 0.29) is 40.7 Å². The van der Waals surface area contributed by atoms with E-state index in [4.69, 9.17) is 4.74 Å². The number of Topliss-reactive ketones (excluding diaryl/α,β-unsaturated/α-hetero) is 1. The monoisotopic (exact) mass is 376 g/mol. The average Bonchev–Trinajstić information content (AvgIpc) is 2.95. The van der Waals surface area contributed by atoms with Crippen molar-refractivity contribution in [3.8, 4) is 0 Å². The zero-order chi connectivity index (χ0) is 19.6. The van der Waals surface area contributed by atoms with Gasteiger partial charge in [-0.15, -0.1) is 0 Å². The quantitative estimate of drug-likeness (QED) is 0.736. The highest BCUT2D eigenvalue weighted by atomic mass is 16.5. The van der Waals surface area contributed by atoms with Crippen molar-refractivity contribution in [2.24, 2.45) is 40.4 Å². The Balaban J connectivity index is 1.58. The second kappa shape index (κ2) is 6.57. The van der Waals surface area contributed by atoms with Gasteiger partial charge in [0.05, 0.1) is 6.10 Å². The number of hydrogen-bond donors (Lipinski definition) is 1. The molecule has 27 heavy (non-hydrogen) atoms. The van der Waals surface area contributed by atoms with Crippen LogP contribution >= 0.6 is 0 Å². The van der Waals surface area contributed by atoms with Gasteiger partial charge in [-0.25, -0.2) is 0 Å². The molecule has 0 radical (unpaired) electrons. The van der Waals surface area contributed by atoms with Gasteiger partial charge in [0.1, 0.15) is 11.9 Å². The van der Waals surface area contributed by atoms with Crippen molar-refractivity contribution >= 4 is 11.8 Å². The molecule has 4 fully saturated rings. The first-order chi connectivity index (χ1) is 12.7. The molecule has 0 amide bonds. The molecule has 0 aromatic rings. The largest absolute Gasteiger partial charge is 0.463 e. The Kier molecular flexibility index (Phi) is 4.73. The molecule has 4 rings (SSSR count). The van der Waals surface area contributed by atoms with E-state index in [1.807, 2.05) is 0 Å². The third-order valence-corrected chi connectivity index (χ3v) is 9.55. The molecule has 0 bridgehead atoms. The van der Waals surface area contributed by atoms with E-state index >= 15 is 0 Å². The smallest absolute Gasteiger partial charge is 0.302 e. The summed E-state index contributed by atoms with van der Waals surface area (Å²) in [6.45, 7) is 7.86. The molecule has 152 valence electrons. The maximum atomic E-state index is 12.3. The summed E-state index contributed by atoms with van der Waals surface area (Å²) in [6.07, 6.45) is 8.00. The molecule has 4 unspecified atom stereocenters. The topological polar surface area (TPSA) is 63.6 Å². The van der Waals surface area contributed by atoms with E-state index in [1.54, 1.807) is 6.92 Å². The van der Waals surface area contributed by atoms with Crippen LogP contribution in [0, 0.1) is 40.4 Å². The normalized spacial score (nSPS) is 51.7. The molecule has 0 heterocycles. The lowest BCUT2D eigenvalue weighted by atomic mass is 9.44. The van der Waals surface area contributed by atoms with Gasteiger partial charge in [-0.05, 0) is 87.4 Å². The van der Waals surface area contributed by atoms with E-state index in [1.165, 1.54) is 19.8 Å². The van der Waals surface area contributed by atoms with Crippen molar-refractivity contribution in [2.45, 2.75) is 91.3 Å². The minimum Gasteiger partial charge on any atom is -0.463 e. The predicted octanol–water partition coefficient (Wildman–Crippen LogP) is 4.14. The Morgan fingerprint density at radius 3 is 2.37 bits per heavy atom. The minimum absolute atomic E-state index is 0.0312. The van der Waals surface area contributed by atoms with Crippen LogP contribution in [0.5, 0.6) is 0 Å². The third kappa shape index (κ3) is 2.81. The van der Waals surface area contributed by atoms with Crippen LogP contribution < -0.4 is 0 Å². The van der Waals surface area contributed by atoms with Gasteiger partial charge in [-0.1, -0.05) is 13.8 Å². The van der Waals surface area contributed by atoms with Gasteiger partial charge in [0.25, 0.3) is 0 Å². The van der Waals surface area contributed by atoms with Crippen LogP contribution in [-0.4, -0.2) is 29.1 Å². The zero-order valence-corrected chi connectivity index (χ0v) is 17.4. The number of rotatable bonds is 2. The van der Waals surface area contributed by atoms with Gasteiger partial charge in [-0.3, -0.25) is 9.59 Å². The average molecular weight is 377 g/mol. The molecule has 4 saturated carbocycles. The Morgan fingerprint density at radius 1 is 0.963 bits per heavy atom. The lowest BCUT2D eigenvalue weighted by Crippen LogP contribution is -2.59. The van der Waals surface area contributed by atoms with Crippen LogP contribution in [-0.2, 0) is 14.3 Å². The minimum atomic E-state index is -0.373. The summed E-state index contributed by atoms with van der Waals surface area (Å²) in [5.74, 6) is 2.36. The number of hydrogen-bond acceptors (Lipinski definition) is 4. The summed E-state index contributed by atoms with van der Waals surface area (Å²) in [6, 6.07) is 0. The summed E-state index contributed by atoms with van der Waals surface area (Å²) in [4.78, 5) is 23.7. The lowest BCUT2D eigenvalue weighted by molar-refractivity contribution is -0.179. The highest BCUT2D eigenvalue weighted by molar-refractivity contribution is 5.79. The van der Waals surface area contributed by atoms with Crippen LogP contribution in [0.3, 0.4) is 0 Å². The van der Waals surface area contributed by atoms with Crippen molar-refractivity contribution in [3.63, 3.8) is 0 Å². The van der Waals surface area contributed by atoms with Crippen molar-refractivity contribution < 1.29 is 19.4 Å². The van der Waals surface area contributed by atoms with Crippen molar-refractivity contribution in [3.05, 3.63) is 0 Å². The van der Waals surface area contributed by atoms with E-state index < -0.39 is 0 Å². The number of aliphatic hydroxyl groups excluding tert-OH is 1. The number of aliphatic hydroxyl groups is 1. The van der Waals surface area contributed by atoms with Crippen LogP contribution in [0.25, 0.3) is 0 Å².